The van der Waals surface area contributed by atoms with Gasteiger partial charge in [0, 0.05) is 26.1 Å². The predicted molar refractivity (Wildman–Crippen MR) is 76.8 cm³/mol. The zero-order valence-electron chi connectivity index (χ0n) is 12.4. The lowest BCUT2D eigenvalue weighted by Gasteiger charge is -2.26. The Balaban J connectivity index is 1.66. The van der Waals surface area contributed by atoms with Crippen molar-refractivity contribution in [3.63, 3.8) is 0 Å². The smallest absolute Gasteiger partial charge is 0.373 e. The van der Waals surface area contributed by atoms with E-state index in [9.17, 15) is 9.59 Å². The zero-order chi connectivity index (χ0) is 15.1. The molecule has 1 fully saturated rings. The maximum Gasteiger partial charge on any atom is 0.373 e. The summed E-state index contributed by atoms with van der Waals surface area (Å²) in [5.41, 5.74) is 0. The van der Waals surface area contributed by atoms with Crippen LogP contribution in [0.3, 0.4) is 0 Å². The van der Waals surface area contributed by atoms with Gasteiger partial charge in [-0.25, -0.2) is 4.79 Å². The van der Waals surface area contributed by atoms with Crippen LogP contribution < -0.4 is 5.32 Å². The van der Waals surface area contributed by atoms with E-state index in [-0.39, 0.29) is 11.7 Å². The average molecular weight is 294 g/mol. The molecule has 1 aromatic rings. The molecule has 1 aliphatic heterocycles. The van der Waals surface area contributed by atoms with Crippen LogP contribution in [0.4, 0.5) is 0 Å². The lowest BCUT2D eigenvalue weighted by Crippen LogP contribution is -2.37. The van der Waals surface area contributed by atoms with Crippen molar-refractivity contribution >= 4 is 11.9 Å². The number of methoxy groups -OCH3 is 1. The highest BCUT2D eigenvalue weighted by molar-refractivity contribution is 5.86. The Bertz CT molecular complexity index is 478. The third-order valence-corrected chi connectivity index (χ3v) is 3.57. The number of amides is 1. The summed E-state index contributed by atoms with van der Waals surface area (Å²) in [7, 11) is 1.31. The largest absolute Gasteiger partial charge is 0.463 e. The minimum Gasteiger partial charge on any atom is -0.463 e. The molecule has 2 heterocycles. The average Bonchev–Trinajstić information content (AvgIpc) is 3.00. The molecule has 1 saturated heterocycles. The van der Waals surface area contributed by atoms with Crippen LogP contribution in [-0.2, 0) is 16.1 Å². The molecule has 6 nitrogen and oxygen atoms in total. The number of nitrogens with zero attached hydrogens (tertiary/aromatic N) is 1. The van der Waals surface area contributed by atoms with Crippen molar-refractivity contribution in [2.45, 2.75) is 32.2 Å². The van der Waals surface area contributed by atoms with Crippen molar-refractivity contribution in [1.29, 1.82) is 0 Å². The highest BCUT2D eigenvalue weighted by atomic mass is 16.5. The lowest BCUT2D eigenvalue weighted by atomic mass is 10.1. The van der Waals surface area contributed by atoms with Gasteiger partial charge in [-0.2, -0.15) is 0 Å². The second-order valence-corrected chi connectivity index (χ2v) is 5.13. The van der Waals surface area contributed by atoms with E-state index < -0.39 is 5.97 Å². The molecular weight excluding hydrogens is 272 g/mol. The van der Waals surface area contributed by atoms with Gasteiger partial charge in [0.1, 0.15) is 5.76 Å². The maximum absolute atomic E-state index is 11.9. The van der Waals surface area contributed by atoms with E-state index in [1.807, 2.05) is 4.90 Å². The van der Waals surface area contributed by atoms with E-state index in [4.69, 9.17) is 4.42 Å². The molecule has 0 atom stereocenters. The summed E-state index contributed by atoms with van der Waals surface area (Å²) >= 11 is 0. The normalized spacial score (nSPS) is 15.0. The fourth-order valence-electron chi connectivity index (χ4n) is 2.39. The van der Waals surface area contributed by atoms with E-state index in [2.05, 4.69) is 10.1 Å². The monoisotopic (exact) mass is 294 g/mol. The minimum atomic E-state index is -0.485. The molecule has 2 rings (SSSR count). The molecule has 1 aliphatic rings. The van der Waals surface area contributed by atoms with Crippen LogP contribution in [0.5, 0.6) is 0 Å². The van der Waals surface area contributed by atoms with Gasteiger partial charge in [0.05, 0.1) is 13.7 Å². The van der Waals surface area contributed by atoms with Gasteiger partial charge in [-0.15, -0.1) is 0 Å². The van der Waals surface area contributed by atoms with Gasteiger partial charge in [0.25, 0.3) is 0 Å². The Hall–Kier alpha value is -1.82. The van der Waals surface area contributed by atoms with E-state index in [1.54, 1.807) is 12.1 Å². The van der Waals surface area contributed by atoms with Crippen LogP contribution >= 0.6 is 0 Å². The molecule has 0 aromatic carbocycles. The molecule has 21 heavy (non-hydrogen) atoms. The second-order valence-electron chi connectivity index (χ2n) is 5.13. The second kappa shape index (κ2) is 7.83. The van der Waals surface area contributed by atoms with E-state index in [1.165, 1.54) is 13.5 Å². The number of esters is 1. The van der Waals surface area contributed by atoms with Crippen LogP contribution in [0, 0.1) is 0 Å². The topological polar surface area (TPSA) is 71.8 Å². The van der Waals surface area contributed by atoms with E-state index in [0.29, 0.717) is 25.3 Å². The number of nitrogens with one attached hydrogen (secondary N) is 1. The van der Waals surface area contributed by atoms with Crippen molar-refractivity contribution in [3.8, 4) is 0 Å². The first-order valence-electron chi connectivity index (χ1n) is 7.36. The molecule has 0 unspecified atom stereocenters. The SMILES string of the molecule is COC(=O)c1ccc(CNCCC(=O)N2CCCCC2)o1. The first-order chi connectivity index (χ1) is 10.2. The molecule has 1 aromatic heterocycles. The number of ether oxygens (including phenoxy) is 1. The van der Waals surface area contributed by atoms with Crippen molar-refractivity contribution in [1.82, 2.24) is 10.2 Å². The number of rotatable bonds is 6. The van der Waals surface area contributed by atoms with Crippen LogP contribution in [-0.4, -0.2) is 43.5 Å². The number of hydrogen-bond acceptors (Lipinski definition) is 5. The first-order valence-corrected chi connectivity index (χ1v) is 7.36. The van der Waals surface area contributed by atoms with Crippen molar-refractivity contribution in [2.24, 2.45) is 0 Å². The molecular formula is C15H22N2O4. The highest BCUT2D eigenvalue weighted by Gasteiger charge is 2.15. The van der Waals surface area contributed by atoms with Gasteiger partial charge in [-0.05, 0) is 31.4 Å². The lowest BCUT2D eigenvalue weighted by molar-refractivity contribution is -0.131. The van der Waals surface area contributed by atoms with Crippen molar-refractivity contribution in [3.05, 3.63) is 23.7 Å². The Labute approximate surface area is 124 Å². The Kier molecular flexibility index (Phi) is 5.80. The van der Waals surface area contributed by atoms with E-state index in [0.717, 1.165) is 25.9 Å². The minimum absolute atomic E-state index is 0.193. The Morgan fingerprint density at radius 1 is 1.29 bits per heavy atom. The third kappa shape index (κ3) is 4.60. The van der Waals surface area contributed by atoms with Gasteiger partial charge in [0.2, 0.25) is 11.7 Å². The summed E-state index contributed by atoms with van der Waals surface area (Å²) < 4.78 is 9.90. The third-order valence-electron chi connectivity index (χ3n) is 3.57. The summed E-state index contributed by atoms with van der Waals surface area (Å²) in [6.45, 7) is 2.87. The Morgan fingerprint density at radius 2 is 2.05 bits per heavy atom. The molecule has 1 N–H and O–H groups in total. The number of furan rings is 1. The van der Waals surface area contributed by atoms with E-state index >= 15 is 0 Å². The van der Waals surface area contributed by atoms with Crippen LogP contribution in [0.2, 0.25) is 0 Å². The molecule has 0 spiro atoms. The summed E-state index contributed by atoms with van der Waals surface area (Å²) in [6.07, 6.45) is 3.94. The molecule has 0 bridgehead atoms. The Morgan fingerprint density at radius 3 is 2.76 bits per heavy atom. The summed E-state index contributed by atoms with van der Waals surface area (Å²) in [6, 6.07) is 3.31. The standard InChI is InChI=1S/C15H22N2O4/c1-20-15(19)13-6-5-12(21-13)11-16-8-7-14(18)17-9-3-2-4-10-17/h5-6,16H,2-4,7-11H2,1H3. The van der Waals surface area contributed by atoms with Crippen LogP contribution in [0.1, 0.15) is 42.0 Å². The molecule has 0 saturated carbocycles. The molecule has 116 valence electrons. The van der Waals surface area contributed by atoms with Gasteiger partial charge in [0.15, 0.2) is 0 Å². The maximum atomic E-state index is 11.9. The number of hydrogen-bond donors (Lipinski definition) is 1. The summed E-state index contributed by atoms with van der Waals surface area (Å²) in [5, 5.41) is 3.15. The number of carbonyl (C=O) groups excluding carboxylic acids is 2. The fourth-order valence-corrected chi connectivity index (χ4v) is 2.39. The molecule has 0 aliphatic carbocycles. The van der Waals surface area contributed by atoms with Crippen LogP contribution in [0.25, 0.3) is 0 Å². The molecule has 6 heteroatoms. The predicted octanol–water partition coefficient (Wildman–Crippen LogP) is 1.56. The van der Waals surface area contributed by atoms with Gasteiger partial charge >= 0.3 is 5.97 Å². The highest BCUT2D eigenvalue weighted by Crippen LogP contribution is 2.10. The molecule has 0 radical (unpaired) electrons. The summed E-state index contributed by atoms with van der Waals surface area (Å²) in [5.74, 6) is 0.568. The van der Waals surface area contributed by atoms with Crippen molar-refractivity contribution < 1.29 is 18.7 Å². The zero-order valence-corrected chi connectivity index (χ0v) is 12.4. The van der Waals surface area contributed by atoms with Crippen LogP contribution in [0.15, 0.2) is 16.5 Å². The van der Waals surface area contributed by atoms with Crippen molar-refractivity contribution in [2.75, 3.05) is 26.7 Å². The van der Waals surface area contributed by atoms with Gasteiger partial charge < -0.3 is 19.4 Å². The van der Waals surface area contributed by atoms with Gasteiger partial charge in [-0.3, -0.25) is 4.79 Å². The number of likely N-dealkylation sites (tertiary alicyclic amines) is 1. The molecule has 1 amide bonds. The van der Waals surface area contributed by atoms with Gasteiger partial charge in [-0.1, -0.05) is 0 Å². The first kappa shape index (κ1) is 15.6. The number of carbonyl (C=O) groups is 2. The number of piperidine rings is 1. The fraction of sp³-hybridized carbons (Fsp3) is 0.600. The summed E-state index contributed by atoms with van der Waals surface area (Å²) in [4.78, 5) is 25.1. The quantitative estimate of drug-likeness (QED) is 0.637.